The monoisotopic (exact) mass is 449 g/mol. The van der Waals surface area contributed by atoms with Crippen molar-refractivity contribution in [3.63, 3.8) is 0 Å². The summed E-state index contributed by atoms with van der Waals surface area (Å²) >= 11 is 0. The fourth-order valence-corrected chi connectivity index (χ4v) is 7.39. The first-order valence-electron chi connectivity index (χ1n) is 11.8. The molecule has 1 saturated carbocycles. The quantitative estimate of drug-likeness (QED) is 0.536. The van der Waals surface area contributed by atoms with Crippen molar-refractivity contribution in [2.45, 2.75) is 75.8 Å². The van der Waals surface area contributed by atoms with E-state index >= 15 is 0 Å². The molecule has 6 nitrogen and oxygen atoms in total. The van der Waals surface area contributed by atoms with Crippen LogP contribution in [0.5, 0.6) is 0 Å². The second-order valence-electron chi connectivity index (χ2n) is 11.4. The summed E-state index contributed by atoms with van der Waals surface area (Å²) < 4.78 is 5.95. The Morgan fingerprint density at radius 1 is 1.21 bits per heavy atom. The predicted octanol–water partition coefficient (Wildman–Crippen LogP) is 3.05. The highest BCUT2D eigenvalue weighted by Gasteiger charge is 2.72. The number of para-hydroxylation sites is 1. The molecule has 4 N–H and O–H groups in total. The molecule has 1 aromatic carbocycles. The molecule has 1 fully saturated rings. The zero-order valence-corrected chi connectivity index (χ0v) is 19.5. The Bertz CT molecular complexity index is 1270. The smallest absolute Gasteiger partial charge is 0.199 e. The minimum Gasteiger partial charge on any atom is -0.479 e. The summed E-state index contributed by atoms with van der Waals surface area (Å²) in [5.74, 6) is 0.144. The molecule has 2 aromatic rings. The number of aliphatic hydroxyl groups is 3. The van der Waals surface area contributed by atoms with E-state index in [0.29, 0.717) is 24.2 Å². The first-order valence-corrected chi connectivity index (χ1v) is 11.8. The summed E-state index contributed by atoms with van der Waals surface area (Å²) in [6.07, 6.45) is 2.96. The lowest BCUT2D eigenvalue weighted by Crippen LogP contribution is -2.71. The Morgan fingerprint density at radius 3 is 2.67 bits per heavy atom. The summed E-state index contributed by atoms with van der Waals surface area (Å²) in [5, 5.41) is 35.4. The van der Waals surface area contributed by atoms with Gasteiger partial charge in [0.15, 0.2) is 11.9 Å². The Hall–Kier alpha value is -2.41. The number of ether oxygens (including phenoxy) is 1. The fourth-order valence-electron chi connectivity index (χ4n) is 7.39. The van der Waals surface area contributed by atoms with E-state index in [1.54, 1.807) is 0 Å². The van der Waals surface area contributed by atoms with E-state index in [-0.39, 0.29) is 5.92 Å². The van der Waals surface area contributed by atoms with Crippen molar-refractivity contribution < 1.29 is 24.9 Å². The van der Waals surface area contributed by atoms with Gasteiger partial charge in [0.25, 0.3) is 0 Å². The summed E-state index contributed by atoms with van der Waals surface area (Å²) in [5.41, 5.74) is -0.468. The standard InChI is InChI=1S/C27H31NO5/c1-24(2,31)23-19(29)13-17-20(33-23)9-10-25(3)26(4)14(12-21(30)27(17,25)32)11-16-15-7-5-6-8-18(15)28-22(16)26/h5-9,13-14,21,23,28,30-32H,10-12H2,1-4H3/t14-,21+,23+,25-,26-,27+/m1/s1. The van der Waals surface area contributed by atoms with Crippen LogP contribution >= 0.6 is 0 Å². The molecule has 4 aliphatic rings. The Kier molecular flexibility index (Phi) is 3.96. The number of carbonyl (C=O) groups excluding carboxylic acids is 1. The van der Waals surface area contributed by atoms with Crippen LogP contribution in [-0.2, 0) is 21.4 Å². The van der Waals surface area contributed by atoms with E-state index < -0.39 is 40.0 Å². The maximum atomic E-state index is 13.0. The van der Waals surface area contributed by atoms with Gasteiger partial charge >= 0.3 is 0 Å². The minimum absolute atomic E-state index is 0.156. The third-order valence-electron chi connectivity index (χ3n) is 9.38. The average Bonchev–Trinajstić information content (AvgIpc) is 3.25. The molecule has 6 heteroatoms. The van der Waals surface area contributed by atoms with Gasteiger partial charge in [0.05, 0.1) is 6.10 Å². The zero-order chi connectivity index (χ0) is 23.6. The van der Waals surface area contributed by atoms with Crippen LogP contribution in [0.3, 0.4) is 0 Å². The number of hydrogen-bond acceptors (Lipinski definition) is 5. The summed E-state index contributed by atoms with van der Waals surface area (Å²) in [4.78, 5) is 16.6. The van der Waals surface area contributed by atoms with E-state index in [4.69, 9.17) is 4.74 Å². The Labute approximate surface area is 193 Å². The molecule has 0 saturated heterocycles. The van der Waals surface area contributed by atoms with Gasteiger partial charge in [-0.25, -0.2) is 0 Å². The van der Waals surface area contributed by atoms with Gasteiger partial charge in [0.1, 0.15) is 17.0 Å². The van der Waals surface area contributed by atoms with Crippen molar-refractivity contribution in [3.8, 4) is 0 Å². The van der Waals surface area contributed by atoms with E-state index in [0.717, 1.165) is 17.6 Å². The molecule has 1 aromatic heterocycles. The van der Waals surface area contributed by atoms with Gasteiger partial charge in [0, 0.05) is 33.0 Å². The number of H-pyrrole nitrogens is 1. The third-order valence-corrected chi connectivity index (χ3v) is 9.38. The van der Waals surface area contributed by atoms with Crippen LogP contribution in [-0.4, -0.2) is 49.5 Å². The number of hydrogen-bond donors (Lipinski definition) is 4. The van der Waals surface area contributed by atoms with Crippen LogP contribution in [0.1, 0.15) is 51.8 Å². The van der Waals surface area contributed by atoms with Gasteiger partial charge in [-0.15, -0.1) is 0 Å². The van der Waals surface area contributed by atoms with Gasteiger partial charge in [-0.1, -0.05) is 32.0 Å². The summed E-state index contributed by atoms with van der Waals surface area (Å²) in [6.45, 7) is 7.30. The highest BCUT2D eigenvalue weighted by molar-refractivity contribution is 5.97. The van der Waals surface area contributed by atoms with E-state index in [1.165, 1.54) is 30.9 Å². The first kappa shape index (κ1) is 21.1. The van der Waals surface area contributed by atoms with Crippen molar-refractivity contribution in [1.29, 1.82) is 0 Å². The van der Waals surface area contributed by atoms with Crippen molar-refractivity contribution in [1.82, 2.24) is 4.98 Å². The molecular weight excluding hydrogens is 418 g/mol. The summed E-state index contributed by atoms with van der Waals surface area (Å²) in [6, 6.07) is 8.26. The molecule has 0 bridgehead atoms. The number of allylic oxidation sites excluding steroid dienone is 1. The Morgan fingerprint density at radius 2 is 1.94 bits per heavy atom. The number of aliphatic hydroxyl groups excluding tert-OH is 1. The van der Waals surface area contributed by atoms with Crippen LogP contribution in [0.4, 0.5) is 0 Å². The largest absolute Gasteiger partial charge is 0.479 e. The minimum atomic E-state index is -1.67. The van der Waals surface area contributed by atoms with Crippen LogP contribution in [0.15, 0.2) is 47.7 Å². The summed E-state index contributed by atoms with van der Waals surface area (Å²) in [7, 11) is 0. The van der Waals surface area contributed by atoms with Crippen molar-refractivity contribution in [2.75, 3.05) is 0 Å². The zero-order valence-electron chi connectivity index (χ0n) is 19.5. The number of fused-ring (bicyclic) bond motifs is 9. The van der Waals surface area contributed by atoms with Crippen molar-refractivity contribution in [3.05, 3.63) is 59.0 Å². The molecule has 6 rings (SSSR count). The number of benzene rings is 1. The molecular formula is C27H31NO5. The number of nitrogens with one attached hydrogen (secondary N) is 1. The number of aromatic amines is 1. The van der Waals surface area contributed by atoms with E-state index in [9.17, 15) is 20.1 Å². The SMILES string of the molecule is CC(C)(O)[C@H]1OC2=CC[C@]3(C)[C@@]4(C)c5[nH]c6ccccc6c5C[C@@H]4C[C@H](O)[C@@]3(O)C2=CC1=O. The van der Waals surface area contributed by atoms with Gasteiger partial charge < -0.3 is 25.0 Å². The van der Waals surface area contributed by atoms with Crippen molar-refractivity contribution >= 4 is 16.7 Å². The van der Waals surface area contributed by atoms with Crippen molar-refractivity contribution in [2.24, 2.45) is 11.3 Å². The maximum absolute atomic E-state index is 13.0. The number of rotatable bonds is 1. The fraction of sp³-hybridized carbons (Fsp3) is 0.519. The van der Waals surface area contributed by atoms with Crippen LogP contribution in [0, 0.1) is 11.3 Å². The van der Waals surface area contributed by atoms with Crippen LogP contribution < -0.4 is 0 Å². The Balaban J connectivity index is 1.55. The van der Waals surface area contributed by atoms with Crippen LogP contribution in [0.25, 0.3) is 10.9 Å². The maximum Gasteiger partial charge on any atom is 0.199 e. The molecule has 0 spiro atoms. The second kappa shape index (κ2) is 6.17. The highest BCUT2D eigenvalue weighted by atomic mass is 16.5. The van der Waals surface area contributed by atoms with Gasteiger partial charge in [-0.05, 0) is 62.8 Å². The average molecular weight is 450 g/mol. The molecule has 0 amide bonds. The lowest BCUT2D eigenvalue weighted by atomic mass is 9.43. The van der Waals surface area contributed by atoms with E-state index in [2.05, 4.69) is 24.0 Å². The van der Waals surface area contributed by atoms with Gasteiger partial charge in [-0.3, -0.25) is 4.79 Å². The molecule has 3 aliphatic carbocycles. The number of carbonyl (C=O) groups is 1. The van der Waals surface area contributed by atoms with Gasteiger partial charge in [-0.2, -0.15) is 0 Å². The lowest BCUT2D eigenvalue weighted by molar-refractivity contribution is -0.207. The topological polar surface area (TPSA) is 103 Å². The molecule has 0 radical (unpaired) electrons. The van der Waals surface area contributed by atoms with E-state index in [1.807, 2.05) is 25.1 Å². The third kappa shape index (κ3) is 2.32. The molecule has 174 valence electrons. The number of ketones is 1. The molecule has 2 heterocycles. The molecule has 33 heavy (non-hydrogen) atoms. The normalized spacial score (nSPS) is 39.7. The second-order valence-corrected chi connectivity index (χ2v) is 11.4. The van der Waals surface area contributed by atoms with Gasteiger partial charge in [0.2, 0.25) is 0 Å². The van der Waals surface area contributed by atoms with Crippen LogP contribution in [0.2, 0.25) is 0 Å². The molecule has 6 atom stereocenters. The molecule has 1 aliphatic heterocycles. The highest BCUT2D eigenvalue weighted by Crippen LogP contribution is 2.68. The predicted molar refractivity (Wildman–Crippen MR) is 123 cm³/mol. The molecule has 0 unspecified atom stereocenters. The number of aromatic nitrogens is 1. The lowest BCUT2D eigenvalue weighted by Gasteiger charge is -2.64. The first-order chi connectivity index (χ1) is 15.4.